The molecule has 2 aromatic rings. The molecule has 5 nitrogen and oxygen atoms in total. The molecule has 0 bridgehead atoms. The number of rotatable bonds is 8. The minimum atomic E-state index is -4.60. The second-order valence-corrected chi connectivity index (χ2v) is 7.69. The molecule has 0 N–H and O–H groups in total. The minimum Gasteiger partial charge on any atom is -0.493 e. The molecule has 0 aromatic heterocycles. The fraction of sp³-hybridized carbons (Fsp3) is 0.364. The Kier molecular flexibility index (Phi) is 8.17. The van der Waals surface area contributed by atoms with E-state index in [0.29, 0.717) is 22.6 Å². The first-order valence-electron chi connectivity index (χ1n) is 9.39. The SMILES string of the molecule is COc1cc(C(=O)N(Cc2ccc(C#N)cc2)CC(F)(F)F)cc(Cl)c1OCC(C)C. The summed E-state index contributed by atoms with van der Waals surface area (Å²) in [5.41, 5.74) is 0.758. The van der Waals surface area contributed by atoms with Gasteiger partial charge >= 0.3 is 6.18 Å². The van der Waals surface area contributed by atoms with Gasteiger partial charge in [0.25, 0.3) is 5.91 Å². The minimum absolute atomic E-state index is 0.0587. The summed E-state index contributed by atoms with van der Waals surface area (Å²) in [5.74, 6) is -0.278. The Hall–Kier alpha value is -2.92. The molecule has 9 heteroatoms. The standard InChI is InChI=1S/C22H22ClF3N2O3/c1-14(2)12-31-20-18(23)8-17(9-19(20)30-3)21(29)28(13-22(24,25)26)11-16-6-4-15(10-27)5-7-16/h4-9,14H,11-13H2,1-3H3. The lowest BCUT2D eigenvalue weighted by Crippen LogP contribution is -2.38. The molecular weight excluding hydrogens is 433 g/mol. The highest BCUT2D eigenvalue weighted by molar-refractivity contribution is 6.32. The average Bonchev–Trinajstić information content (AvgIpc) is 2.70. The molecule has 0 radical (unpaired) electrons. The Morgan fingerprint density at radius 2 is 1.87 bits per heavy atom. The molecule has 0 aliphatic heterocycles. The van der Waals surface area contributed by atoms with Gasteiger partial charge in [-0.15, -0.1) is 0 Å². The predicted molar refractivity (Wildman–Crippen MR) is 110 cm³/mol. The number of hydrogen-bond acceptors (Lipinski definition) is 4. The fourth-order valence-corrected chi connectivity index (χ4v) is 3.00. The van der Waals surface area contributed by atoms with Gasteiger partial charge in [0, 0.05) is 12.1 Å². The quantitative estimate of drug-likeness (QED) is 0.531. The van der Waals surface area contributed by atoms with Crippen LogP contribution in [0.2, 0.25) is 5.02 Å². The molecule has 0 atom stereocenters. The van der Waals surface area contributed by atoms with Crippen LogP contribution in [0.3, 0.4) is 0 Å². The van der Waals surface area contributed by atoms with Crippen LogP contribution in [0, 0.1) is 17.2 Å². The summed E-state index contributed by atoms with van der Waals surface area (Å²) < 4.78 is 50.3. The van der Waals surface area contributed by atoms with E-state index in [2.05, 4.69) is 0 Å². The maximum absolute atomic E-state index is 13.2. The number of nitriles is 1. The van der Waals surface area contributed by atoms with Crippen molar-refractivity contribution in [2.75, 3.05) is 20.3 Å². The lowest BCUT2D eigenvalue weighted by Gasteiger charge is -2.25. The van der Waals surface area contributed by atoms with Crippen molar-refractivity contribution in [2.45, 2.75) is 26.6 Å². The number of halogens is 4. The van der Waals surface area contributed by atoms with E-state index in [1.54, 1.807) is 0 Å². The first-order valence-corrected chi connectivity index (χ1v) is 9.77. The molecule has 0 heterocycles. The maximum Gasteiger partial charge on any atom is 0.406 e. The van der Waals surface area contributed by atoms with Crippen LogP contribution in [0.25, 0.3) is 0 Å². The van der Waals surface area contributed by atoms with E-state index in [4.69, 9.17) is 26.3 Å². The highest BCUT2D eigenvalue weighted by atomic mass is 35.5. The summed E-state index contributed by atoms with van der Waals surface area (Å²) in [6.45, 7) is 2.49. The first-order chi connectivity index (χ1) is 14.5. The normalized spacial score (nSPS) is 11.2. The molecule has 0 saturated heterocycles. The second kappa shape index (κ2) is 10.4. The van der Waals surface area contributed by atoms with Crippen LogP contribution in [0.15, 0.2) is 36.4 Å². The smallest absolute Gasteiger partial charge is 0.406 e. The number of carbonyl (C=O) groups excluding carboxylic acids is 1. The van der Waals surface area contributed by atoms with Crippen LogP contribution in [0.1, 0.15) is 35.3 Å². The van der Waals surface area contributed by atoms with Crippen LogP contribution < -0.4 is 9.47 Å². The number of benzene rings is 2. The summed E-state index contributed by atoms with van der Waals surface area (Å²) in [7, 11) is 1.35. The molecule has 2 aromatic carbocycles. The number of alkyl halides is 3. The van der Waals surface area contributed by atoms with Gasteiger partial charge in [0.15, 0.2) is 11.5 Å². The van der Waals surface area contributed by atoms with Gasteiger partial charge in [-0.1, -0.05) is 37.6 Å². The number of hydrogen-bond donors (Lipinski definition) is 0. The summed E-state index contributed by atoms with van der Waals surface area (Å²) in [5, 5.41) is 8.93. The zero-order chi connectivity index (χ0) is 23.2. The number of carbonyl (C=O) groups is 1. The zero-order valence-corrected chi connectivity index (χ0v) is 18.0. The lowest BCUT2D eigenvalue weighted by molar-refractivity contribution is -0.141. The van der Waals surface area contributed by atoms with Gasteiger partial charge in [0.1, 0.15) is 6.54 Å². The third-order valence-corrected chi connectivity index (χ3v) is 4.43. The molecule has 166 valence electrons. The molecule has 0 fully saturated rings. The van der Waals surface area contributed by atoms with E-state index >= 15 is 0 Å². The van der Waals surface area contributed by atoms with Crippen molar-refractivity contribution in [1.82, 2.24) is 4.90 Å². The van der Waals surface area contributed by atoms with Gasteiger partial charge in [0.2, 0.25) is 0 Å². The largest absolute Gasteiger partial charge is 0.493 e. The van der Waals surface area contributed by atoms with Crippen molar-refractivity contribution < 1.29 is 27.4 Å². The van der Waals surface area contributed by atoms with Crippen molar-refractivity contribution in [3.05, 3.63) is 58.1 Å². The highest BCUT2D eigenvalue weighted by Gasteiger charge is 2.34. The van der Waals surface area contributed by atoms with Crippen LogP contribution in [0.4, 0.5) is 13.2 Å². The third kappa shape index (κ3) is 7.07. The summed E-state index contributed by atoms with van der Waals surface area (Å²) in [6, 6.07) is 10.5. The second-order valence-electron chi connectivity index (χ2n) is 7.28. The maximum atomic E-state index is 13.2. The summed E-state index contributed by atoms with van der Waals surface area (Å²) in [4.78, 5) is 13.6. The van der Waals surface area contributed by atoms with Crippen LogP contribution in [0.5, 0.6) is 11.5 Å². The Balaban J connectivity index is 2.36. The van der Waals surface area contributed by atoms with E-state index in [1.165, 1.54) is 43.5 Å². The molecule has 2 rings (SSSR count). The van der Waals surface area contributed by atoms with Crippen molar-refractivity contribution in [3.8, 4) is 17.6 Å². The molecule has 0 spiro atoms. The van der Waals surface area contributed by atoms with E-state index in [9.17, 15) is 18.0 Å². The zero-order valence-electron chi connectivity index (χ0n) is 17.3. The van der Waals surface area contributed by atoms with E-state index < -0.39 is 18.6 Å². The van der Waals surface area contributed by atoms with Crippen LogP contribution in [-0.4, -0.2) is 37.2 Å². The van der Waals surface area contributed by atoms with Crippen molar-refractivity contribution >= 4 is 17.5 Å². The van der Waals surface area contributed by atoms with Crippen molar-refractivity contribution in [1.29, 1.82) is 5.26 Å². The number of nitrogens with zero attached hydrogens (tertiary/aromatic N) is 2. The van der Waals surface area contributed by atoms with Gasteiger partial charge < -0.3 is 14.4 Å². The van der Waals surface area contributed by atoms with Crippen LogP contribution >= 0.6 is 11.6 Å². The average molecular weight is 455 g/mol. The monoisotopic (exact) mass is 454 g/mol. The Morgan fingerprint density at radius 1 is 1.23 bits per heavy atom. The lowest BCUT2D eigenvalue weighted by atomic mass is 10.1. The van der Waals surface area contributed by atoms with Crippen molar-refractivity contribution in [2.24, 2.45) is 5.92 Å². The van der Waals surface area contributed by atoms with Crippen LogP contribution in [-0.2, 0) is 6.54 Å². The number of ether oxygens (including phenoxy) is 2. The Bertz CT molecular complexity index is 954. The van der Waals surface area contributed by atoms with Gasteiger partial charge in [-0.3, -0.25) is 4.79 Å². The summed E-state index contributed by atoms with van der Waals surface area (Å²) >= 11 is 6.24. The van der Waals surface area contributed by atoms with Gasteiger partial charge in [-0.05, 0) is 35.7 Å². The molecule has 0 aliphatic rings. The van der Waals surface area contributed by atoms with E-state index in [0.717, 1.165) is 0 Å². The van der Waals surface area contributed by atoms with Crippen molar-refractivity contribution in [3.63, 3.8) is 0 Å². The summed E-state index contributed by atoms with van der Waals surface area (Å²) in [6.07, 6.45) is -4.60. The highest BCUT2D eigenvalue weighted by Crippen LogP contribution is 2.37. The first kappa shape index (κ1) is 24.4. The van der Waals surface area contributed by atoms with E-state index in [1.807, 2.05) is 19.9 Å². The predicted octanol–water partition coefficient (Wildman–Crippen LogP) is 5.46. The van der Waals surface area contributed by atoms with E-state index in [-0.39, 0.29) is 34.5 Å². The van der Waals surface area contributed by atoms with Gasteiger partial charge in [-0.2, -0.15) is 18.4 Å². The Labute approximate surface area is 183 Å². The van der Waals surface area contributed by atoms with Gasteiger partial charge in [0.05, 0.1) is 30.4 Å². The number of methoxy groups -OCH3 is 1. The molecule has 0 saturated carbocycles. The Morgan fingerprint density at radius 3 is 2.39 bits per heavy atom. The molecular formula is C22H22ClF3N2O3. The molecule has 0 unspecified atom stereocenters. The van der Waals surface area contributed by atoms with Gasteiger partial charge in [-0.25, -0.2) is 0 Å². The third-order valence-electron chi connectivity index (χ3n) is 4.15. The topological polar surface area (TPSA) is 62.6 Å². The molecule has 31 heavy (non-hydrogen) atoms. The fourth-order valence-electron chi connectivity index (χ4n) is 2.74. The molecule has 1 amide bonds. The number of amides is 1. The molecule has 0 aliphatic carbocycles.